The maximum absolute atomic E-state index is 12.6. The number of amides is 1. The average molecular weight is 399 g/mol. The summed E-state index contributed by atoms with van der Waals surface area (Å²) in [5.74, 6) is -0.0746. The van der Waals surface area contributed by atoms with Gasteiger partial charge in [-0.2, -0.15) is 0 Å². The number of rotatable bonds is 8. The molecule has 0 aliphatic carbocycles. The second kappa shape index (κ2) is 9.22. The van der Waals surface area contributed by atoms with Crippen LogP contribution in [0.15, 0.2) is 73.3 Å². The number of aromatic nitrogens is 3. The van der Waals surface area contributed by atoms with Crippen molar-refractivity contribution in [3.8, 4) is 0 Å². The molecular formula is C24H25N5O. The van der Waals surface area contributed by atoms with E-state index in [9.17, 15) is 4.79 Å². The van der Waals surface area contributed by atoms with E-state index in [1.165, 1.54) is 10.9 Å². The lowest BCUT2D eigenvalue weighted by atomic mass is 10.1. The third-order valence-electron chi connectivity index (χ3n) is 5.21. The maximum atomic E-state index is 12.6. The van der Waals surface area contributed by atoms with Gasteiger partial charge in [0.25, 0.3) is 5.91 Å². The van der Waals surface area contributed by atoms with Crippen molar-refractivity contribution in [3.63, 3.8) is 0 Å². The molecule has 152 valence electrons. The predicted octanol–water partition coefficient (Wildman–Crippen LogP) is 3.93. The van der Waals surface area contributed by atoms with E-state index in [1.807, 2.05) is 24.3 Å². The summed E-state index contributed by atoms with van der Waals surface area (Å²) in [7, 11) is 1.80. The summed E-state index contributed by atoms with van der Waals surface area (Å²) in [4.78, 5) is 26.0. The molecule has 0 fully saturated rings. The molecule has 1 aromatic carbocycles. The number of pyridine rings is 2. The number of fused-ring (bicyclic) bond motifs is 1. The van der Waals surface area contributed by atoms with Crippen LogP contribution in [-0.2, 0) is 12.8 Å². The SMILES string of the molecule is CN(CCc1ccncc1)C(=O)c1ccc(NCCc2c[nH]c3ccccc23)cn1. The van der Waals surface area contributed by atoms with E-state index in [2.05, 4.69) is 44.7 Å². The zero-order valence-electron chi connectivity index (χ0n) is 17.0. The standard InChI is InChI=1S/C24H25N5O/c1-29(15-11-18-8-12-25-13-9-18)24(30)23-7-6-20(17-28-23)26-14-10-19-16-27-22-5-3-2-4-21(19)22/h2-9,12-13,16-17,26-27H,10-11,14-15H2,1H3. The summed E-state index contributed by atoms with van der Waals surface area (Å²) >= 11 is 0. The molecule has 6 heteroatoms. The van der Waals surface area contributed by atoms with Gasteiger partial charge < -0.3 is 15.2 Å². The molecular weight excluding hydrogens is 374 g/mol. The molecule has 0 aliphatic rings. The number of para-hydroxylation sites is 1. The molecule has 0 bridgehead atoms. The number of likely N-dealkylation sites (N-methyl/N-ethyl adjacent to an activating group) is 1. The molecule has 0 aliphatic heterocycles. The number of hydrogen-bond donors (Lipinski definition) is 2. The Morgan fingerprint density at radius 1 is 1.07 bits per heavy atom. The normalized spacial score (nSPS) is 10.8. The molecule has 0 saturated heterocycles. The van der Waals surface area contributed by atoms with Crippen LogP contribution in [0.2, 0.25) is 0 Å². The van der Waals surface area contributed by atoms with Crippen molar-refractivity contribution in [1.29, 1.82) is 0 Å². The summed E-state index contributed by atoms with van der Waals surface area (Å²) < 4.78 is 0. The van der Waals surface area contributed by atoms with Crippen LogP contribution in [0.4, 0.5) is 5.69 Å². The molecule has 1 amide bonds. The van der Waals surface area contributed by atoms with Crippen molar-refractivity contribution >= 4 is 22.5 Å². The third-order valence-corrected chi connectivity index (χ3v) is 5.21. The van der Waals surface area contributed by atoms with Gasteiger partial charge in [0.1, 0.15) is 5.69 Å². The number of carbonyl (C=O) groups excluding carboxylic acids is 1. The summed E-state index contributed by atoms with van der Waals surface area (Å²) in [6.07, 6.45) is 9.01. The van der Waals surface area contributed by atoms with Gasteiger partial charge >= 0.3 is 0 Å². The highest BCUT2D eigenvalue weighted by molar-refractivity contribution is 5.92. The summed E-state index contributed by atoms with van der Waals surface area (Å²) in [6, 6.07) is 15.9. The first-order valence-corrected chi connectivity index (χ1v) is 10.1. The zero-order chi connectivity index (χ0) is 20.8. The molecule has 6 nitrogen and oxygen atoms in total. The monoisotopic (exact) mass is 399 g/mol. The lowest BCUT2D eigenvalue weighted by Crippen LogP contribution is -2.29. The van der Waals surface area contributed by atoms with Crippen molar-refractivity contribution in [2.75, 3.05) is 25.5 Å². The molecule has 0 radical (unpaired) electrons. The zero-order valence-corrected chi connectivity index (χ0v) is 17.0. The van der Waals surface area contributed by atoms with Gasteiger partial charge in [-0.25, -0.2) is 4.98 Å². The minimum absolute atomic E-state index is 0.0746. The highest BCUT2D eigenvalue weighted by Gasteiger charge is 2.13. The topological polar surface area (TPSA) is 73.9 Å². The minimum atomic E-state index is -0.0746. The van der Waals surface area contributed by atoms with Crippen LogP contribution in [0.3, 0.4) is 0 Å². The maximum Gasteiger partial charge on any atom is 0.272 e. The van der Waals surface area contributed by atoms with Crippen molar-refractivity contribution in [1.82, 2.24) is 19.9 Å². The van der Waals surface area contributed by atoms with Gasteiger partial charge in [-0.15, -0.1) is 0 Å². The van der Waals surface area contributed by atoms with Crippen LogP contribution in [-0.4, -0.2) is 45.9 Å². The van der Waals surface area contributed by atoms with Gasteiger partial charge in [-0.3, -0.25) is 9.78 Å². The highest BCUT2D eigenvalue weighted by Crippen LogP contribution is 2.18. The van der Waals surface area contributed by atoms with Gasteiger partial charge in [-0.1, -0.05) is 18.2 Å². The van der Waals surface area contributed by atoms with Gasteiger partial charge in [-0.05, 0) is 54.3 Å². The molecule has 0 saturated carbocycles. The number of aromatic amines is 1. The third kappa shape index (κ3) is 4.66. The fourth-order valence-corrected chi connectivity index (χ4v) is 3.45. The number of benzene rings is 1. The number of hydrogen-bond acceptors (Lipinski definition) is 4. The first kappa shape index (κ1) is 19.6. The van der Waals surface area contributed by atoms with Crippen molar-refractivity contribution in [2.24, 2.45) is 0 Å². The van der Waals surface area contributed by atoms with Gasteiger partial charge in [0, 0.05) is 49.6 Å². The summed E-state index contributed by atoms with van der Waals surface area (Å²) in [5.41, 5.74) is 4.96. The lowest BCUT2D eigenvalue weighted by Gasteiger charge is -2.17. The molecule has 30 heavy (non-hydrogen) atoms. The molecule has 3 heterocycles. The minimum Gasteiger partial charge on any atom is -0.383 e. The summed E-state index contributed by atoms with van der Waals surface area (Å²) in [6.45, 7) is 1.43. The largest absolute Gasteiger partial charge is 0.383 e. The van der Waals surface area contributed by atoms with Gasteiger partial charge in [0.05, 0.1) is 11.9 Å². The molecule has 0 spiro atoms. The smallest absolute Gasteiger partial charge is 0.272 e. The molecule has 0 atom stereocenters. The van der Waals surface area contributed by atoms with Crippen molar-refractivity contribution in [2.45, 2.75) is 12.8 Å². The van der Waals surface area contributed by atoms with E-state index in [-0.39, 0.29) is 5.91 Å². The van der Waals surface area contributed by atoms with Gasteiger partial charge in [0.2, 0.25) is 0 Å². The van der Waals surface area contributed by atoms with Crippen molar-refractivity contribution in [3.05, 3.63) is 90.1 Å². The Bertz CT molecular complexity index is 1110. The number of nitrogens with zero attached hydrogens (tertiary/aromatic N) is 3. The lowest BCUT2D eigenvalue weighted by molar-refractivity contribution is 0.0791. The molecule has 3 aromatic heterocycles. The quantitative estimate of drug-likeness (QED) is 0.471. The Kier molecular flexibility index (Phi) is 6.03. The Balaban J connectivity index is 1.28. The molecule has 4 rings (SSSR count). The average Bonchev–Trinajstić information content (AvgIpc) is 3.21. The first-order valence-electron chi connectivity index (χ1n) is 10.1. The fourth-order valence-electron chi connectivity index (χ4n) is 3.45. The van der Waals surface area contributed by atoms with Crippen LogP contribution in [0.5, 0.6) is 0 Å². The Hall–Kier alpha value is -3.67. The second-order valence-electron chi connectivity index (χ2n) is 7.30. The number of carbonyl (C=O) groups is 1. The first-order chi connectivity index (χ1) is 14.7. The van der Waals surface area contributed by atoms with E-state index in [1.54, 1.807) is 36.6 Å². The van der Waals surface area contributed by atoms with E-state index in [0.717, 1.165) is 36.2 Å². The van der Waals surface area contributed by atoms with Gasteiger partial charge in [0.15, 0.2) is 0 Å². The second-order valence-corrected chi connectivity index (χ2v) is 7.30. The fraction of sp³-hybridized carbons (Fsp3) is 0.208. The highest BCUT2D eigenvalue weighted by atomic mass is 16.2. The summed E-state index contributed by atoms with van der Waals surface area (Å²) in [5, 5.41) is 4.64. The molecule has 2 N–H and O–H groups in total. The van der Waals surface area contributed by atoms with Crippen molar-refractivity contribution < 1.29 is 4.79 Å². The van der Waals surface area contributed by atoms with Crippen LogP contribution < -0.4 is 5.32 Å². The molecule has 4 aromatic rings. The Labute approximate surface area is 176 Å². The number of anilines is 1. The van der Waals surface area contributed by atoms with E-state index in [0.29, 0.717) is 12.2 Å². The van der Waals surface area contributed by atoms with E-state index in [4.69, 9.17) is 0 Å². The van der Waals surface area contributed by atoms with Crippen LogP contribution in [0.25, 0.3) is 10.9 Å². The predicted molar refractivity (Wildman–Crippen MR) is 120 cm³/mol. The van der Waals surface area contributed by atoms with Crippen LogP contribution in [0, 0.1) is 0 Å². The van der Waals surface area contributed by atoms with E-state index < -0.39 is 0 Å². The van der Waals surface area contributed by atoms with Crippen LogP contribution >= 0.6 is 0 Å². The van der Waals surface area contributed by atoms with Crippen LogP contribution in [0.1, 0.15) is 21.6 Å². The number of nitrogens with one attached hydrogen (secondary N) is 2. The Morgan fingerprint density at radius 3 is 2.70 bits per heavy atom. The Morgan fingerprint density at radius 2 is 1.90 bits per heavy atom. The number of H-pyrrole nitrogens is 1. The van der Waals surface area contributed by atoms with E-state index >= 15 is 0 Å². The molecule has 0 unspecified atom stereocenters.